The number of methoxy groups -OCH3 is 1. The lowest BCUT2D eigenvalue weighted by Crippen LogP contribution is -2.46. The zero-order valence-electron chi connectivity index (χ0n) is 12.0. The second-order valence-electron chi connectivity index (χ2n) is 4.81. The number of anilines is 1. The summed E-state index contributed by atoms with van der Waals surface area (Å²) in [5.41, 5.74) is 8.54. The third-order valence-electron chi connectivity index (χ3n) is 3.49. The minimum Gasteiger partial charge on any atom is -0.384 e. The minimum atomic E-state index is 0.316. The van der Waals surface area contributed by atoms with Gasteiger partial charge in [0.1, 0.15) is 0 Å². The number of nitrogens with zero attached hydrogens (tertiary/aromatic N) is 1. The highest BCUT2D eigenvalue weighted by molar-refractivity contribution is 5.53. The highest BCUT2D eigenvalue weighted by atomic mass is 16.5. The Morgan fingerprint density at radius 2 is 2.00 bits per heavy atom. The van der Waals surface area contributed by atoms with Crippen LogP contribution < -0.4 is 10.6 Å². The fraction of sp³-hybridized carbons (Fsp3) is 0.600. The summed E-state index contributed by atoms with van der Waals surface area (Å²) in [5, 5.41) is 0. The normalized spacial score (nSPS) is 14.3. The van der Waals surface area contributed by atoms with E-state index < -0.39 is 0 Å². The van der Waals surface area contributed by atoms with Crippen LogP contribution in [0.1, 0.15) is 19.4 Å². The minimum absolute atomic E-state index is 0.316. The van der Waals surface area contributed by atoms with Crippen molar-refractivity contribution in [1.29, 1.82) is 0 Å². The molecule has 3 heteroatoms. The molecule has 0 bridgehead atoms. The van der Waals surface area contributed by atoms with Crippen LogP contribution in [0.3, 0.4) is 0 Å². The number of rotatable bonds is 7. The predicted octanol–water partition coefficient (Wildman–Crippen LogP) is 2.43. The number of ether oxygens (including phenoxy) is 1. The number of hydrogen-bond acceptors (Lipinski definition) is 3. The third kappa shape index (κ3) is 3.47. The second kappa shape index (κ2) is 7.39. The van der Waals surface area contributed by atoms with Crippen molar-refractivity contribution in [2.75, 3.05) is 31.7 Å². The first-order valence-electron chi connectivity index (χ1n) is 6.66. The molecular formula is C15H26N2O. The lowest BCUT2D eigenvalue weighted by Gasteiger charge is -2.36. The topological polar surface area (TPSA) is 38.5 Å². The highest BCUT2D eigenvalue weighted by Gasteiger charge is 2.23. The van der Waals surface area contributed by atoms with Crippen molar-refractivity contribution < 1.29 is 4.74 Å². The van der Waals surface area contributed by atoms with Crippen molar-refractivity contribution in [3.05, 3.63) is 29.8 Å². The van der Waals surface area contributed by atoms with Gasteiger partial charge in [0.2, 0.25) is 0 Å². The summed E-state index contributed by atoms with van der Waals surface area (Å²) in [6.45, 7) is 8.86. The first-order valence-corrected chi connectivity index (χ1v) is 6.66. The monoisotopic (exact) mass is 250 g/mol. The van der Waals surface area contributed by atoms with Crippen LogP contribution in [0.15, 0.2) is 24.3 Å². The van der Waals surface area contributed by atoms with Gasteiger partial charge in [-0.15, -0.1) is 0 Å². The molecule has 0 fully saturated rings. The van der Waals surface area contributed by atoms with E-state index in [1.54, 1.807) is 7.11 Å². The Morgan fingerprint density at radius 1 is 1.33 bits per heavy atom. The summed E-state index contributed by atoms with van der Waals surface area (Å²) in [7, 11) is 1.74. The maximum absolute atomic E-state index is 5.97. The fourth-order valence-electron chi connectivity index (χ4n) is 2.51. The zero-order chi connectivity index (χ0) is 13.5. The van der Waals surface area contributed by atoms with E-state index in [2.05, 4.69) is 49.9 Å². The molecule has 0 radical (unpaired) electrons. The smallest absolute Gasteiger partial charge is 0.0507 e. The number of likely N-dealkylation sites (N-methyl/N-ethyl adjacent to an activating group) is 1. The number of benzene rings is 1. The van der Waals surface area contributed by atoms with Crippen LogP contribution in [0.5, 0.6) is 0 Å². The number of para-hydroxylation sites is 1. The van der Waals surface area contributed by atoms with Crippen molar-refractivity contribution in [2.24, 2.45) is 11.7 Å². The Labute approximate surface area is 111 Å². The molecule has 0 aliphatic rings. The van der Waals surface area contributed by atoms with Gasteiger partial charge in [0.05, 0.1) is 6.61 Å². The van der Waals surface area contributed by atoms with Crippen LogP contribution in [-0.4, -0.2) is 32.8 Å². The summed E-state index contributed by atoms with van der Waals surface area (Å²) in [4.78, 5) is 2.39. The standard InChI is InChI=1S/C15H26N2O/c1-5-17(14-9-7-6-8-12(14)2)15(10-16)13(3)11-18-4/h6-9,13,15H,5,10-11,16H2,1-4H3. The Balaban J connectivity index is 2.96. The Kier molecular flexibility index (Phi) is 6.16. The largest absolute Gasteiger partial charge is 0.384 e. The van der Waals surface area contributed by atoms with Crippen LogP contribution in [0.4, 0.5) is 5.69 Å². The van der Waals surface area contributed by atoms with Gasteiger partial charge in [0.15, 0.2) is 0 Å². The van der Waals surface area contributed by atoms with E-state index in [0.717, 1.165) is 13.2 Å². The van der Waals surface area contributed by atoms with Gasteiger partial charge >= 0.3 is 0 Å². The van der Waals surface area contributed by atoms with Crippen LogP contribution >= 0.6 is 0 Å². The first-order chi connectivity index (χ1) is 8.65. The van der Waals surface area contributed by atoms with Gasteiger partial charge in [-0.2, -0.15) is 0 Å². The maximum atomic E-state index is 5.97. The van der Waals surface area contributed by atoms with E-state index in [9.17, 15) is 0 Å². The molecule has 0 saturated heterocycles. The number of aryl methyl sites for hydroxylation is 1. The Hall–Kier alpha value is -1.06. The summed E-state index contributed by atoms with van der Waals surface area (Å²) in [6, 6.07) is 8.78. The van der Waals surface area contributed by atoms with Crippen LogP contribution in [0.2, 0.25) is 0 Å². The molecule has 18 heavy (non-hydrogen) atoms. The van der Waals surface area contributed by atoms with E-state index in [1.165, 1.54) is 11.3 Å². The quantitative estimate of drug-likeness (QED) is 0.807. The van der Waals surface area contributed by atoms with Crippen molar-refractivity contribution in [1.82, 2.24) is 0 Å². The second-order valence-corrected chi connectivity index (χ2v) is 4.81. The molecule has 2 unspecified atom stereocenters. The average molecular weight is 250 g/mol. The van der Waals surface area contributed by atoms with Gasteiger partial charge in [-0.3, -0.25) is 0 Å². The SMILES string of the molecule is CCN(c1ccccc1C)C(CN)C(C)COC. The van der Waals surface area contributed by atoms with Gasteiger partial charge < -0.3 is 15.4 Å². The van der Waals surface area contributed by atoms with Crippen LogP contribution in [0.25, 0.3) is 0 Å². The van der Waals surface area contributed by atoms with Gasteiger partial charge in [-0.05, 0) is 25.5 Å². The predicted molar refractivity (Wildman–Crippen MR) is 78.1 cm³/mol. The molecule has 0 aromatic heterocycles. The van der Waals surface area contributed by atoms with E-state index in [4.69, 9.17) is 10.5 Å². The van der Waals surface area contributed by atoms with E-state index >= 15 is 0 Å². The molecule has 2 atom stereocenters. The number of hydrogen-bond donors (Lipinski definition) is 1. The molecular weight excluding hydrogens is 224 g/mol. The third-order valence-corrected chi connectivity index (χ3v) is 3.49. The molecule has 1 aromatic carbocycles. The summed E-state index contributed by atoms with van der Waals surface area (Å²) >= 11 is 0. The molecule has 0 aliphatic carbocycles. The van der Waals surface area contributed by atoms with E-state index in [-0.39, 0.29) is 0 Å². The molecule has 3 nitrogen and oxygen atoms in total. The van der Waals surface area contributed by atoms with Crippen LogP contribution in [0, 0.1) is 12.8 Å². The highest BCUT2D eigenvalue weighted by Crippen LogP contribution is 2.24. The summed E-state index contributed by atoms with van der Waals surface area (Å²) in [5.74, 6) is 0.416. The van der Waals surface area contributed by atoms with Crippen molar-refractivity contribution >= 4 is 5.69 Å². The molecule has 102 valence electrons. The lowest BCUT2D eigenvalue weighted by atomic mass is 9.99. The molecule has 1 rings (SSSR count). The zero-order valence-corrected chi connectivity index (χ0v) is 12.0. The van der Waals surface area contributed by atoms with Crippen LogP contribution in [-0.2, 0) is 4.74 Å². The molecule has 0 amide bonds. The molecule has 0 saturated carbocycles. The molecule has 1 aromatic rings. The van der Waals surface area contributed by atoms with E-state index in [1.807, 2.05) is 0 Å². The summed E-state index contributed by atoms with van der Waals surface area (Å²) in [6.07, 6.45) is 0. The average Bonchev–Trinajstić information content (AvgIpc) is 2.37. The fourth-order valence-corrected chi connectivity index (χ4v) is 2.51. The van der Waals surface area contributed by atoms with Gasteiger partial charge in [-0.25, -0.2) is 0 Å². The Bertz CT molecular complexity index is 354. The first kappa shape index (κ1) is 15.0. The maximum Gasteiger partial charge on any atom is 0.0507 e. The Morgan fingerprint density at radius 3 is 2.50 bits per heavy atom. The van der Waals surface area contributed by atoms with Gasteiger partial charge in [0, 0.05) is 37.8 Å². The molecule has 0 aliphatic heterocycles. The molecule has 2 N–H and O–H groups in total. The lowest BCUT2D eigenvalue weighted by molar-refractivity contribution is 0.146. The van der Waals surface area contributed by atoms with Gasteiger partial charge in [0.25, 0.3) is 0 Å². The molecule has 0 spiro atoms. The van der Waals surface area contributed by atoms with Gasteiger partial charge in [-0.1, -0.05) is 25.1 Å². The molecule has 0 heterocycles. The van der Waals surface area contributed by atoms with E-state index in [0.29, 0.717) is 18.5 Å². The summed E-state index contributed by atoms with van der Waals surface area (Å²) < 4.78 is 5.26. The van der Waals surface area contributed by atoms with Crippen molar-refractivity contribution in [3.63, 3.8) is 0 Å². The van der Waals surface area contributed by atoms with Crippen molar-refractivity contribution in [2.45, 2.75) is 26.8 Å². The number of nitrogens with two attached hydrogens (primary N) is 1. The van der Waals surface area contributed by atoms with Crippen molar-refractivity contribution in [3.8, 4) is 0 Å².